The number of rotatable bonds is 7. The van der Waals surface area contributed by atoms with Crippen LogP contribution in [-0.2, 0) is 0 Å². The smallest absolute Gasteiger partial charge is 0.259 e. The fraction of sp³-hybridized carbons (Fsp3) is 0.280. The maximum Gasteiger partial charge on any atom is 0.259 e. The number of anilines is 4. The molecule has 0 bridgehead atoms. The highest BCUT2D eigenvalue weighted by Gasteiger charge is 2.15. The zero-order valence-electron chi connectivity index (χ0n) is 18.5. The second kappa shape index (κ2) is 10.2. The first-order valence-corrected chi connectivity index (χ1v) is 10.9. The van der Waals surface area contributed by atoms with Crippen LogP contribution in [0.4, 0.5) is 22.9 Å². The molecule has 32 heavy (non-hydrogen) atoms. The van der Waals surface area contributed by atoms with Gasteiger partial charge in [-0.25, -0.2) is 4.98 Å². The van der Waals surface area contributed by atoms with Crippen LogP contribution >= 0.6 is 0 Å². The fourth-order valence-electron chi connectivity index (χ4n) is 3.64. The van der Waals surface area contributed by atoms with Gasteiger partial charge < -0.3 is 25.2 Å². The molecule has 1 amide bonds. The van der Waals surface area contributed by atoms with E-state index in [4.69, 9.17) is 4.74 Å². The Morgan fingerprint density at radius 3 is 2.34 bits per heavy atom. The number of amides is 1. The van der Waals surface area contributed by atoms with Crippen molar-refractivity contribution in [3.63, 3.8) is 0 Å². The quantitative estimate of drug-likeness (QED) is 0.584. The van der Waals surface area contributed by atoms with Crippen LogP contribution < -0.4 is 20.3 Å². The number of nitrogens with one attached hydrogen (secondary N) is 2. The summed E-state index contributed by atoms with van der Waals surface area (Å²) in [5, 5.41) is 6.21. The Morgan fingerprint density at radius 2 is 1.66 bits per heavy atom. The van der Waals surface area contributed by atoms with Crippen LogP contribution in [-0.4, -0.2) is 55.6 Å². The van der Waals surface area contributed by atoms with E-state index in [1.807, 2.05) is 43.3 Å². The lowest BCUT2D eigenvalue weighted by Crippen LogP contribution is -2.44. The lowest BCUT2D eigenvalue weighted by atomic mass is 10.2. The molecule has 166 valence electrons. The second-order valence-electron chi connectivity index (χ2n) is 7.77. The van der Waals surface area contributed by atoms with Gasteiger partial charge in [-0.3, -0.25) is 4.79 Å². The van der Waals surface area contributed by atoms with Gasteiger partial charge in [-0.2, -0.15) is 0 Å². The number of aromatic nitrogens is 1. The molecule has 0 unspecified atom stereocenters. The van der Waals surface area contributed by atoms with Gasteiger partial charge in [0.05, 0.1) is 12.2 Å². The van der Waals surface area contributed by atoms with Crippen molar-refractivity contribution in [1.29, 1.82) is 0 Å². The Balaban J connectivity index is 1.42. The van der Waals surface area contributed by atoms with Gasteiger partial charge >= 0.3 is 0 Å². The van der Waals surface area contributed by atoms with Crippen LogP contribution in [0.3, 0.4) is 0 Å². The maximum atomic E-state index is 13.0. The minimum Gasteiger partial charge on any atom is -0.494 e. The molecule has 3 aromatic rings. The summed E-state index contributed by atoms with van der Waals surface area (Å²) in [5.41, 5.74) is 3.24. The van der Waals surface area contributed by atoms with Gasteiger partial charge in [0.2, 0.25) is 0 Å². The Morgan fingerprint density at radius 1 is 0.969 bits per heavy atom. The van der Waals surface area contributed by atoms with Crippen LogP contribution in [0.15, 0.2) is 66.9 Å². The lowest BCUT2D eigenvalue weighted by molar-refractivity contribution is 0.102. The van der Waals surface area contributed by atoms with E-state index in [1.165, 1.54) is 5.69 Å². The molecule has 2 aromatic carbocycles. The minimum atomic E-state index is -0.209. The normalized spacial score (nSPS) is 14.1. The summed E-state index contributed by atoms with van der Waals surface area (Å²) in [7, 11) is 2.15. The fourth-order valence-corrected chi connectivity index (χ4v) is 3.64. The molecule has 0 aliphatic carbocycles. The molecule has 1 aliphatic rings. The summed E-state index contributed by atoms with van der Waals surface area (Å²) in [6, 6.07) is 19.1. The highest BCUT2D eigenvalue weighted by atomic mass is 16.5. The number of piperazine rings is 1. The molecule has 0 spiro atoms. The van der Waals surface area contributed by atoms with E-state index in [2.05, 4.69) is 44.6 Å². The van der Waals surface area contributed by atoms with Gasteiger partial charge in [0.15, 0.2) is 0 Å². The number of carbonyl (C=O) groups excluding carboxylic acids is 1. The molecule has 0 atom stereocenters. The Hall–Kier alpha value is -3.58. The second-order valence-corrected chi connectivity index (χ2v) is 7.77. The van der Waals surface area contributed by atoms with Crippen molar-refractivity contribution in [2.24, 2.45) is 0 Å². The molecule has 4 rings (SSSR count). The van der Waals surface area contributed by atoms with Crippen LogP contribution in [0.25, 0.3) is 0 Å². The van der Waals surface area contributed by atoms with Crippen LogP contribution in [0, 0.1) is 0 Å². The number of nitrogens with zero attached hydrogens (tertiary/aromatic N) is 3. The van der Waals surface area contributed by atoms with Gasteiger partial charge in [-0.05, 0) is 74.6 Å². The third-order valence-electron chi connectivity index (χ3n) is 5.47. The van der Waals surface area contributed by atoms with E-state index in [9.17, 15) is 4.79 Å². The highest BCUT2D eigenvalue weighted by molar-refractivity contribution is 6.07. The number of ether oxygens (including phenoxy) is 1. The van der Waals surface area contributed by atoms with E-state index in [0.29, 0.717) is 18.0 Å². The van der Waals surface area contributed by atoms with Crippen molar-refractivity contribution in [2.45, 2.75) is 6.92 Å². The molecule has 7 nitrogen and oxygen atoms in total. The zero-order chi connectivity index (χ0) is 22.3. The molecule has 2 heterocycles. The van der Waals surface area contributed by atoms with Crippen molar-refractivity contribution >= 4 is 28.8 Å². The number of benzene rings is 2. The SMILES string of the molecule is CCOc1ccc(Nc2ncccc2C(=O)Nc2ccc(N3CCN(C)CC3)cc2)cc1. The third-order valence-corrected chi connectivity index (χ3v) is 5.47. The average molecular weight is 432 g/mol. The van der Waals surface area contributed by atoms with Gasteiger partial charge in [0, 0.05) is 49.4 Å². The standard InChI is InChI=1S/C25H29N5O2/c1-3-32-22-12-8-19(9-13-22)27-24-23(5-4-14-26-24)25(31)28-20-6-10-21(11-7-20)30-17-15-29(2)16-18-30/h4-14H,3,15-18H2,1-2H3,(H,26,27)(H,28,31). The minimum absolute atomic E-state index is 0.209. The third kappa shape index (κ3) is 5.36. The maximum absolute atomic E-state index is 13.0. The first-order chi connectivity index (χ1) is 15.6. The first-order valence-electron chi connectivity index (χ1n) is 10.9. The summed E-state index contributed by atoms with van der Waals surface area (Å²) in [4.78, 5) is 22.0. The Labute approximate surface area is 189 Å². The van der Waals surface area contributed by atoms with Gasteiger partial charge in [-0.1, -0.05) is 0 Å². The predicted octanol–water partition coefficient (Wildman–Crippen LogP) is 4.23. The number of carbonyl (C=O) groups is 1. The topological polar surface area (TPSA) is 69.7 Å². The molecule has 2 N–H and O–H groups in total. The van der Waals surface area contributed by atoms with Crippen LogP contribution in [0.2, 0.25) is 0 Å². The van der Waals surface area contributed by atoms with E-state index in [1.54, 1.807) is 18.3 Å². The molecule has 0 saturated carbocycles. The van der Waals surface area contributed by atoms with Crippen molar-refractivity contribution < 1.29 is 9.53 Å². The monoisotopic (exact) mass is 431 g/mol. The molecule has 1 aromatic heterocycles. The summed E-state index contributed by atoms with van der Waals surface area (Å²) >= 11 is 0. The van der Waals surface area contributed by atoms with Crippen LogP contribution in [0.1, 0.15) is 17.3 Å². The van der Waals surface area contributed by atoms with Gasteiger partial charge in [0.25, 0.3) is 5.91 Å². The largest absolute Gasteiger partial charge is 0.494 e. The van der Waals surface area contributed by atoms with Crippen molar-refractivity contribution in [3.8, 4) is 5.75 Å². The van der Waals surface area contributed by atoms with Crippen molar-refractivity contribution in [2.75, 3.05) is 55.4 Å². The molecule has 1 fully saturated rings. The van der Waals surface area contributed by atoms with Gasteiger partial charge in [0.1, 0.15) is 11.6 Å². The Kier molecular flexibility index (Phi) is 6.87. The highest BCUT2D eigenvalue weighted by Crippen LogP contribution is 2.23. The summed E-state index contributed by atoms with van der Waals surface area (Å²) in [6.07, 6.45) is 1.67. The van der Waals surface area contributed by atoms with Crippen molar-refractivity contribution in [3.05, 3.63) is 72.4 Å². The Bertz CT molecular complexity index is 1030. The van der Waals surface area contributed by atoms with Crippen molar-refractivity contribution in [1.82, 2.24) is 9.88 Å². The van der Waals surface area contributed by atoms with E-state index < -0.39 is 0 Å². The number of pyridine rings is 1. The summed E-state index contributed by atoms with van der Waals surface area (Å²) in [6.45, 7) is 6.71. The number of likely N-dealkylation sites (N-methyl/N-ethyl adjacent to an activating group) is 1. The zero-order valence-corrected chi connectivity index (χ0v) is 18.5. The van der Waals surface area contributed by atoms with Gasteiger partial charge in [-0.15, -0.1) is 0 Å². The molecule has 7 heteroatoms. The molecule has 1 aliphatic heterocycles. The lowest BCUT2D eigenvalue weighted by Gasteiger charge is -2.34. The molecule has 0 radical (unpaired) electrons. The molecule has 1 saturated heterocycles. The number of hydrogen-bond acceptors (Lipinski definition) is 6. The van der Waals surface area contributed by atoms with E-state index in [-0.39, 0.29) is 5.91 Å². The molecular weight excluding hydrogens is 402 g/mol. The van der Waals surface area contributed by atoms with Crippen LogP contribution in [0.5, 0.6) is 5.75 Å². The number of hydrogen-bond donors (Lipinski definition) is 2. The van der Waals surface area contributed by atoms with E-state index >= 15 is 0 Å². The molecular formula is C25H29N5O2. The summed E-state index contributed by atoms with van der Waals surface area (Å²) in [5.74, 6) is 1.10. The predicted molar refractivity (Wildman–Crippen MR) is 129 cm³/mol. The summed E-state index contributed by atoms with van der Waals surface area (Å²) < 4.78 is 5.48. The average Bonchev–Trinajstić information content (AvgIpc) is 2.82. The first kappa shape index (κ1) is 21.6. The van der Waals surface area contributed by atoms with E-state index in [0.717, 1.165) is 43.3 Å².